The Bertz CT molecular complexity index is 1420. The Balaban J connectivity index is 1.53. The van der Waals surface area contributed by atoms with Crippen molar-refractivity contribution in [1.82, 2.24) is 34.9 Å². The molecule has 18 nitrogen and oxygen atoms in total. The maximum absolute atomic E-state index is 13.2. The Labute approximate surface area is 231 Å². The van der Waals surface area contributed by atoms with Crippen LogP contribution in [0.1, 0.15) is 43.6 Å². The Hall–Kier alpha value is -3.72. The molecule has 2 aromatic rings. The minimum absolute atomic E-state index is 0.0503. The first-order valence-electron chi connectivity index (χ1n) is 12.0. The number of amides is 2. The van der Waals surface area contributed by atoms with Crippen molar-refractivity contribution in [3.63, 3.8) is 0 Å². The third-order valence-electron chi connectivity index (χ3n) is 6.27. The van der Waals surface area contributed by atoms with Gasteiger partial charge in [-0.15, -0.1) is 11.3 Å². The summed E-state index contributed by atoms with van der Waals surface area (Å²) in [6.45, 7) is 2.68. The monoisotopic (exact) mass is 600 g/mol. The average molecular weight is 601 g/mol. The second kappa shape index (κ2) is 11.4. The number of hydrogen-bond acceptors (Lipinski definition) is 14. The number of rotatable bonds is 14. The first-order chi connectivity index (χ1) is 18.9. The number of aliphatic carboxylic acids is 1. The molecule has 2 amide bonds. The highest BCUT2D eigenvalue weighted by atomic mass is 32.2. The van der Waals surface area contributed by atoms with Crippen molar-refractivity contribution in [2.75, 3.05) is 18.8 Å². The van der Waals surface area contributed by atoms with E-state index < -0.39 is 51.5 Å². The molecular weight excluding hydrogens is 572 g/mol. The number of hydrogen-bond donors (Lipinski definition) is 6. The van der Waals surface area contributed by atoms with Gasteiger partial charge in [0.05, 0.1) is 24.5 Å². The van der Waals surface area contributed by atoms with Crippen molar-refractivity contribution in [2.24, 2.45) is 10.9 Å². The van der Waals surface area contributed by atoms with Crippen molar-refractivity contribution in [3.8, 4) is 0 Å². The van der Waals surface area contributed by atoms with Gasteiger partial charge in [0.2, 0.25) is 5.60 Å². The van der Waals surface area contributed by atoms with Crippen molar-refractivity contribution in [1.29, 1.82) is 0 Å². The van der Waals surface area contributed by atoms with E-state index in [0.717, 1.165) is 22.6 Å². The van der Waals surface area contributed by atoms with Crippen LogP contribution in [0.3, 0.4) is 0 Å². The molecule has 40 heavy (non-hydrogen) atoms. The third kappa shape index (κ3) is 6.20. The second-order valence-corrected chi connectivity index (χ2v) is 11.4. The molecule has 2 aromatic heterocycles. The van der Waals surface area contributed by atoms with Crippen molar-refractivity contribution in [3.05, 3.63) is 23.0 Å². The smallest absolute Gasteiger partial charge is 0.362 e. The molecule has 20 heteroatoms. The molecule has 4 rings (SSSR count). The van der Waals surface area contributed by atoms with E-state index in [9.17, 15) is 32.5 Å². The molecule has 0 spiro atoms. The van der Waals surface area contributed by atoms with Crippen LogP contribution in [0.2, 0.25) is 0 Å². The maximum Gasteiger partial charge on any atom is 0.362 e. The van der Waals surface area contributed by atoms with Crippen LogP contribution in [0, 0.1) is 0 Å². The lowest BCUT2D eigenvalue weighted by Gasteiger charge is -2.43. The maximum atomic E-state index is 13.2. The van der Waals surface area contributed by atoms with Gasteiger partial charge in [-0.05, 0) is 26.4 Å². The minimum atomic E-state index is -4.99. The Kier molecular flexibility index (Phi) is 8.35. The highest BCUT2D eigenvalue weighted by Gasteiger charge is 2.56. The van der Waals surface area contributed by atoms with E-state index in [1.807, 2.05) is 6.92 Å². The van der Waals surface area contributed by atoms with Crippen LogP contribution in [0.5, 0.6) is 0 Å². The first kappa shape index (κ1) is 29.3. The fraction of sp³-hybridized carbons (Fsp3) is 0.550. The fourth-order valence-electron chi connectivity index (χ4n) is 3.83. The molecule has 2 aliphatic rings. The molecule has 1 saturated heterocycles. The number of carbonyl (C=O) groups is 3. The van der Waals surface area contributed by atoms with E-state index >= 15 is 0 Å². The van der Waals surface area contributed by atoms with E-state index in [4.69, 9.17) is 16.3 Å². The zero-order chi connectivity index (χ0) is 29.2. The summed E-state index contributed by atoms with van der Waals surface area (Å²) in [5.41, 5.74) is 9.57. The molecule has 218 valence electrons. The molecule has 0 bridgehead atoms. The number of aromatic nitrogens is 4. The largest absolute Gasteiger partial charge is 0.478 e. The van der Waals surface area contributed by atoms with Gasteiger partial charge in [0.25, 0.3) is 11.8 Å². The molecule has 8 N–H and O–H groups in total. The fourth-order valence-corrected chi connectivity index (χ4v) is 5.25. The molecular formula is C20H28N10O8S2. The third-order valence-corrected chi connectivity index (χ3v) is 7.89. The van der Waals surface area contributed by atoms with Gasteiger partial charge < -0.3 is 32.0 Å². The van der Waals surface area contributed by atoms with Crippen molar-refractivity contribution < 1.29 is 37.3 Å². The molecule has 2 fully saturated rings. The molecule has 0 aromatic carbocycles. The number of β-lactam (4-membered cyclic amide) rings is 1. The van der Waals surface area contributed by atoms with Crippen LogP contribution in [-0.4, -0.2) is 96.6 Å². The quantitative estimate of drug-likeness (QED) is 0.0444. The molecule has 0 radical (unpaired) electrons. The highest BCUT2D eigenvalue weighted by molar-refractivity contribution is 7.84. The number of nitrogen functional groups attached to an aromatic ring is 1. The van der Waals surface area contributed by atoms with Gasteiger partial charge in [-0.3, -0.25) is 14.1 Å². The van der Waals surface area contributed by atoms with Gasteiger partial charge in [-0.25, -0.2) is 14.1 Å². The lowest BCUT2D eigenvalue weighted by atomic mass is 9.98. The van der Waals surface area contributed by atoms with Gasteiger partial charge in [0.15, 0.2) is 10.8 Å². The van der Waals surface area contributed by atoms with E-state index in [1.165, 1.54) is 11.6 Å². The van der Waals surface area contributed by atoms with Crippen LogP contribution < -0.4 is 22.1 Å². The number of carboxylic acid groups (broad SMARTS) is 1. The van der Waals surface area contributed by atoms with Crippen LogP contribution in [-0.2, 0) is 36.1 Å². The molecule has 1 aliphatic carbocycles. The number of thiazole rings is 1. The molecule has 1 unspecified atom stereocenters. The predicted octanol–water partition coefficient (Wildman–Crippen LogP) is -2.15. The lowest BCUT2D eigenvalue weighted by molar-refractivity contribution is -0.153. The van der Waals surface area contributed by atoms with E-state index in [-0.39, 0.29) is 40.6 Å². The van der Waals surface area contributed by atoms with Gasteiger partial charge >= 0.3 is 16.3 Å². The summed E-state index contributed by atoms with van der Waals surface area (Å²) in [5.74, 6) is -3.40. The van der Waals surface area contributed by atoms with Crippen LogP contribution in [0.25, 0.3) is 0 Å². The zero-order valence-electron chi connectivity index (χ0n) is 21.1. The molecule has 1 aliphatic heterocycles. The minimum Gasteiger partial charge on any atom is -0.478 e. The SMILES string of the molecule is C[C@H](NCCCN)c1cnn(C[C@H]2C(NC(=O)/C(=N\OC3(C(=O)O)CC3)c3csc(N)n3)C(=O)N2S(=O)(=O)O)n1. The summed E-state index contributed by atoms with van der Waals surface area (Å²) in [4.78, 5) is 47.6. The number of nitrogens with two attached hydrogens (primary N) is 2. The van der Waals surface area contributed by atoms with E-state index in [2.05, 4.69) is 31.0 Å². The second-order valence-electron chi connectivity index (χ2n) is 9.17. The number of oxime groups is 1. The van der Waals surface area contributed by atoms with Gasteiger partial charge in [-0.1, -0.05) is 5.16 Å². The average Bonchev–Trinajstić information content (AvgIpc) is 3.32. The molecule has 3 atom stereocenters. The highest BCUT2D eigenvalue weighted by Crippen LogP contribution is 2.40. The van der Waals surface area contributed by atoms with Gasteiger partial charge in [0, 0.05) is 18.2 Å². The summed E-state index contributed by atoms with van der Waals surface area (Å²) < 4.78 is 33.7. The predicted molar refractivity (Wildman–Crippen MR) is 138 cm³/mol. The summed E-state index contributed by atoms with van der Waals surface area (Å²) in [6, 6.07) is -2.95. The van der Waals surface area contributed by atoms with Crippen LogP contribution >= 0.6 is 11.3 Å². The number of anilines is 1. The zero-order valence-corrected chi connectivity index (χ0v) is 22.8. The standard InChI is InChI=1S/C20H28N10O8S2/c1-10(23-6-2-5-21)11-7-24-29(27-11)8-13-15(17(32)30(13)40(35,36)37)26-16(31)14(12-9-39-19(22)25-12)28-38-20(3-4-20)18(33)34/h7,9-10,13,15,23H,2-6,8,21H2,1H3,(H2,22,25)(H,26,31)(H,33,34)(H,35,36,37)/b28-14-/t10-,13-,15?/m0/s1. The Morgan fingerprint density at radius 3 is 2.70 bits per heavy atom. The van der Waals surface area contributed by atoms with Gasteiger partial charge in [-0.2, -0.15) is 23.4 Å². The lowest BCUT2D eigenvalue weighted by Crippen LogP contribution is -2.73. The normalized spacial score (nSPS) is 21.0. The van der Waals surface area contributed by atoms with E-state index in [0.29, 0.717) is 18.8 Å². The number of nitrogens with zero attached hydrogens (tertiary/aromatic N) is 6. The number of nitrogens with one attached hydrogen (secondary N) is 2. The Morgan fingerprint density at radius 2 is 2.12 bits per heavy atom. The van der Waals surface area contributed by atoms with E-state index in [1.54, 1.807) is 0 Å². The number of carbonyl (C=O) groups excluding carboxylic acids is 2. The van der Waals surface area contributed by atoms with Crippen molar-refractivity contribution >= 4 is 50.3 Å². The summed E-state index contributed by atoms with van der Waals surface area (Å²) >= 11 is 0.976. The van der Waals surface area contributed by atoms with Crippen LogP contribution in [0.15, 0.2) is 16.7 Å². The summed E-state index contributed by atoms with van der Waals surface area (Å²) in [5, 5.41) is 28.5. The molecule has 1 saturated carbocycles. The summed E-state index contributed by atoms with van der Waals surface area (Å²) in [7, 11) is -4.99. The molecule has 3 heterocycles. The van der Waals surface area contributed by atoms with Crippen LogP contribution in [0.4, 0.5) is 5.13 Å². The topological polar surface area (TPSA) is 270 Å². The van der Waals surface area contributed by atoms with Gasteiger partial charge in [0.1, 0.15) is 17.8 Å². The first-order valence-corrected chi connectivity index (χ1v) is 14.3. The Morgan fingerprint density at radius 1 is 1.40 bits per heavy atom. The van der Waals surface area contributed by atoms with Crippen molar-refractivity contribution in [2.45, 2.75) is 56.5 Å². The summed E-state index contributed by atoms with van der Waals surface area (Å²) in [6.07, 6.45) is 2.55. The number of carboxylic acids is 1.